The summed E-state index contributed by atoms with van der Waals surface area (Å²) in [6, 6.07) is 9.57. The predicted molar refractivity (Wildman–Crippen MR) is 212 cm³/mol. The zero-order valence-electron chi connectivity index (χ0n) is 31.1. The summed E-state index contributed by atoms with van der Waals surface area (Å²) in [5.74, 6) is 1.30. The van der Waals surface area contributed by atoms with Gasteiger partial charge in [0.25, 0.3) is 0 Å². The minimum atomic E-state index is -0.457. The summed E-state index contributed by atoms with van der Waals surface area (Å²) in [7, 11) is 0. The number of hydrogen-bond donors (Lipinski definition) is 3. The first-order valence-electron chi connectivity index (χ1n) is 19.8. The van der Waals surface area contributed by atoms with E-state index in [9.17, 15) is 19.2 Å². The van der Waals surface area contributed by atoms with Crippen LogP contribution in [-0.2, 0) is 19.2 Å². The molecule has 15 heteroatoms. The van der Waals surface area contributed by atoms with Crippen molar-refractivity contribution in [3.63, 3.8) is 0 Å². The lowest BCUT2D eigenvalue weighted by Crippen LogP contribution is -2.47. The van der Waals surface area contributed by atoms with E-state index >= 15 is 0 Å². The zero-order chi connectivity index (χ0) is 37.9. The normalized spacial score (nSPS) is 21.9. The first kappa shape index (κ1) is 37.0. The van der Waals surface area contributed by atoms with Gasteiger partial charge >= 0.3 is 0 Å². The van der Waals surface area contributed by atoms with Crippen LogP contribution in [0.25, 0.3) is 0 Å². The summed E-state index contributed by atoms with van der Waals surface area (Å²) in [6.45, 7) is 5.42. The molecule has 1 aromatic carbocycles. The fourth-order valence-electron chi connectivity index (χ4n) is 8.81. The van der Waals surface area contributed by atoms with Crippen molar-refractivity contribution in [3.05, 3.63) is 53.9 Å². The van der Waals surface area contributed by atoms with E-state index in [2.05, 4.69) is 47.9 Å². The number of aromatic nitrogens is 3. The van der Waals surface area contributed by atoms with E-state index in [4.69, 9.17) is 16.6 Å². The molecular weight excluding hydrogens is 720 g/mol. The zero-order valence-corrected chi connectivity index (χ0v) is 31.9. The molecule has 5 fully saturated rings. The van der Waals surface area contributed by atoms with Gasteiger partial charge in [0.05, 0.1) is 35.4 Å². The van der Waals surface area contributed by atoms with Crippen LogP contribution in [0.1, 0.15) is 70.6 Å². The highest BCUT2D eigenvalue weighted by atomic mass is 35.5. The van der Waals surface area contributed by atoms with E-state index in [-0.39, 0.29) is 23.6 Å². The number of imide groups is 1. The van der Waals surface area contributed by atoms with Gasteiger partial charge in [-0.3, -0.25) is 29.5 Å². The molecule has 3 aromatic rings. The number of carbonyl (C=O) groups is 4. The Morgan fingerprint density at radius 1 is 0.836 bits per heavy atom. The van der Waals surface area contributed by atoms with Gasteiger partial charge in [0, 0.05) is 70.0 Å². The van der Waals surface area contributed by atoms with E-state index in [1.165, 1.54) is 6.42 Å². The van der Waals surface area contributed by atoms with E-state index in [1.807, 2.05) is 28.0 Å². The topological polar surface area (TPSA) is 156 Å². The lowest BCUT2D eigenvalue weighted by molar-refractivity contribution is -0.138. The van der Waals surface area contributed by atoms with Crippen LogP contribution in [0.5, 0.6) is 0 Å². The summed E-state index contributed by atoms with van der Waals surface area (Å²) >= 11 is 6.47. The van der Waals surface area contributed by atoms with Crippen LogP contribution >= 0.6 is 11.6 Å². The number of anilines is 6. The number of rotatable bonds is 9. The number of benzene rings is 1. The largest absolute Gasteiger partial charge is 0.374 e. The number of piperidine rings is 4. The van der Waals surface area contributed by atoms with Gasteiger partial charge in [-0.15, -0.1) is 0 Å². The maximum atomic E-state index is 14.0. The SMILES string of the molecule is O=C1CCC(Nc2ccc(N3CCC(CC(=O)N4CCC5(CC4)CCN(c4cncc(Nc6ncc(Cl)c(N7CCCCC7)n6)c4)C5=O)CC3)cc2)C(=O)N1. The Morgan fingerprint density at radius 3 is 2.33 bits per heavy atom. The Bertz CT molecular complexity index is 1910. The standard InChI is InChI=1S/C40H49ClN10O4/c41-32-26-43-39(47-36(32)50-15-2-1-3-16-50)45-29-23-31(25-42-24-29)51-21-14-40(38(51)55)12-19-49(20-13-40)35(53)22-27-10-17-48(18-11-27)30-6-4-28(5-7-30)44-33-8-9-34(52)46-37(33)54/h4-7,23-27,33,44H,1-3,8-22H2,(H,43,45,47)(H,46,52,54). The van der Waals surface area contributed by atoms with Crippen LogP contribution in [-0.4, -0.2) is 95.3 Å². The van der Waals surface area contributed by atoms with Gasteiger partial charge in [-0.2, -0.15) is 4.98 Å². The molecule has 1 unspecified atom stereocenters. The highest BCUT2D eigenvalue weighted by Crippen LogP contribution is 2.44. The maximum Gasteiger partial charge on any atom is 0.249 e. The van der Waals surface area contributed by atoms with Crippen LogP contribution in [0.2, 0.25) is 5.02 Å². The molecule has 5 aliphatic rings. The number of likely N-dealkylation sites (tertiary alicyclic amines) is 1. The smallest absolute Gasteiger partial charge is 0.249 e. The molecule has 0 radical (unpaired) electrons. The average molecular weight is 769 g/mol. The minimum absolute atomic E-state index is 0.112. The molecule has 5 saturated heterocycles. The number of nitrogens with one attached hydrogen (secondary N) is 3. The van der Waals surface area contributed by atoms with Crippen LogP contribution in [0, 0.1) is 11.3 Å². The Kier molecular flexibility index (Phi) is 10.8. The molecule has 290 valence electrons. The van der Waals surface area contributed by atoms with Crippen molar-refractivity contribution in [2.75, 3.05) is 71.1 Å². The fraction of sp³-hybridized carbons (Fsp3) is 0.525. The molecule has 1 atom stereocenters. The minimum Gasteiger partial charge on any atom is -0.374 e. The first-order chi connectivity index (χ1) is 26.7. The molecule has 14 nitrogen and oxygen atoms in total. The summed E-state index contributed by atoms with van der Waals surface area (Å²) in [4.78, 5) is 72.9. The molecule has 7 heterocycles. The second-order valence-corrected chi connectivity index (χ2v) is 16.1. The van der Waals surface area contributed by atoms with Crippen molar-refractivity contribution in [1.29, 1.82) is 0 Å². The summed E-state index contributed by atoms with van der Waals surface area (Å²) < 4.78 is 0. The highest BCUT2D eigenvalue weighted by Gasteiger charge is 2.49. The molecule has 0 bridgehead atoms. The second-order valence-electron chi connectivity index (χ2n) is 15.7. The van der Waals surface area contributed by atoms with Crippen LogP contribution in [0.4, 0.5) is 34.5 Å². The molecule has 3 N–H and O–H groups in total. The highest BCUT2D eigenvalue weighted by molar-refractivity contribution is 6.32. The second kappa shape index (κ2) is 16.0. The van der Waals surface area contributed by atoms with Gasteiger partial charge in [-0.25, -0.2) is 4.98 Å². The van der Waals surface area contributed by atoms with Gasteiger partial charge in [-0.05, 0) is 94.0 Å². The van der Waals surface area contributed by atoms with Crippen molar-refractivity contribution in [2.45, 2.75) is 76.7 Å². The van der Waals surface area contributed by atoms with E-state index in [0.717, 1.165) is 81.2 Å². The third-order valence-corrected chi connectivity index (χ3v) is 12.4. The van der Waals surface area contributed by atoms with Gasteiger partial charge in [-0.1, -0.05) is 11.6 Å². The lowest BCUT2D eigenvalue weighted by atomic mass is 9.77. The summed E-state index contributed by atoms with van der Waals surface area (Å²) in [5.41, 5.74) is 2.94. The monoisotopic (exact) mass is 768 g/mol. The molecule has 55 heavy (non-hydrogen) atoms. The molecule has 0 aliphatic carbocycles. The van der Waals surface area contributed by atoms with Crippen LogP contribution in [0.3, 0.4) is 0 Å². The molecule has 0 saturated carbocycles. The number of carbonyl (C=O) groups excluding carboxylic acids is 4. The molecule has 1 spiro atoms. The lowest BCUT2D eigenvalue weighted by Gasteiger charge is -2.39. The van der Waals surface area contributed by atoms with Crippen molar-refractivity contribution < 1.29 is 19.2 Å². The maximum absolute atomic E-state index is 14.0. The summed E-state index contributed by atoms with van der Waals surface area (Å²) in [5, 5.41) is 9.41. The molecule has 8 rings (SSSR count). The fourth-order valence-corrected chi connectivity index (χ4v) is 9.02. The molecule has 5 aliphatic heterocycles. The first-order valence-corrected chi connectivity index (χ1v) is 20.2. The Balaban J connectivity index is 0.798. The predicted octanol–water partition coefficient (Wildman–Crippen LogP) is 5.13. The quantitative estimate of drug-likeness (QED) is 0.248. The van der Waals surface area contributed by atoms with Crippen molar-refractivity contribution >= 4 is 69.7 Å². The van der Waals surface area contributed by atoms with Gasteiger partial charge in [0.2, 0.25) is 29.6 Å². The third-order valence-electron chi connectivity index (χ3n) is 12.1. The number of halogens is 1. The van der Waals surface area contributed by atoms with Crippen molar-refractivity contribution in [1.82, 2.24) is 25.2 Å². The average Bonchev–Trinajstić information content (AvgIpc) is 3.52. The van der Waals surface area contributed by atoms with Gasteiger partial charge in [0.1, 0.15) is 11.1 Å². The summed E-state index contributed by atoms with van der Waals surface area (Å²) in [6.07, 6.45) is 13.9. The number of hydrogen-bond acceptors (Lipinski definition) is 11. The van der Waals surface area contributed by atoms with Gasteiger partial charge < -0.3 is 30.2 Å². The van der Waals surface area contributed by atoms with Crippen molar-refractivity contribution in [2.24, 2.45) is 11.3 Å². The third kappa shape index (κ3) is 8.19. The van der Waals surface area contributed by atoms with Crippen molar-refractivity contribution in [3.8, 4) is 0 Å². The Labute approximate surface area is 326 Å². The van der Waals surface area contributed by atoms with Crippen LogP contribution < -0.4 is 30.7 Å². The number of amides is 4. The van der Waals surface area contributed by atoms with Crippen LogP contribution in [0.15, 0.2) is 48.9 Å². The number of nitrogens with zero attached hydrogens (tertiary/aromatic N) is 7. The Morgan fingerprint density at radius 2 is 1.58 bits per heavy atom. The van der Waals surface area contributed by atoms with Gasteiger partial charge in [0.15, 0.2) is 5.82 Å². The number of pyridine rings is 1. The Hall–Kier alpha value is -4.98. The molecule has 2 aromatic heterocycles. The molecular formula is C40H49ClN10O4. The van der Waals surface area contributed by atoms with E-state index in [1.54, 1.807) is 18.6 Å². The van der Waals surface area contributed by atoms with E-state index < -0.39 is 11.5 Å². The molecule has 4 amide bonds. The van der Waals surface area contributed by atoms with E-state index in [0.29, 0.717) is 74.3 Å².